The zero-order valence-electron chi connectivity index (χ0n) is 6.56. The molecule has 70 valence electrons. The smallest absolute Gasteiger partial charge is 0.0587 e. The number of nitrogens with zero attached hydrogens (tertiary/aromatic N) is 1. The van der Waals surface area contributed by atoms with Crippen LogP contribution in [0.15, 0.2) is 0 Å². The third-order valence-corrected chi connectivity index (χ3v) is 1.93. The Morgan fingerprint density at radius 2 is 2.09 bits per heavy atom. The second-order valence-electron chi connectivity index (χ2n) is 2.77. The number of halogens is 2. The van der Waals surface area contributed by atoms with E-state index in [1.807, 2.05) is 7.05 Å². The topological polar surface area (TPSA) is 49.5 Å². The molecule has 0 aliphatic carbocycles. The van der Waals surface area contributed by atoms with E-state index in [4.69, 9.17) is 10.8 Å². The molecule has 0 spiro atoms. The van der Waals surface area contributed by atoms with Crippen LogP contribution in [0.1, 0.15) is 6.42 Å². The van der Waals surface area contributed by atoms with Gasteiger partial charge in [0.1, 0.15) is 0 Å². The van der Waals surface area contributed by atoms with E-state index in [0.29, 0.717) is 6.04 Å². The van der Waals surface area contributed by atoms with Gasteiger partial charge in [-0.3, -0.25) is 4.90 Å². The summed E-state index contributed by atoms with van der Waals surface area (Å²) in [5.41, 5.74) is 5.64. The first-order valence-corrected chi connectivity index (χ1v) is 3.30. The lowest BCUT2D eigenvalue weighted by Gasteiger charge is -2.14. The lowest BCUT2D eigenvalue weighted by molar-refractivity contribution is 0.182. The van der Waals surface area contributed by atoms with Crippen LogP contribution in [0.3, 0.4) is 0 Å². The summed E-state index contributed by atoms with van der Waals surface area (Å²) in [5.74, 6) is 0. The van der Waals surface area contributed by atoms with Crippen molar-refractivity contribution in [2.24, 2.45) is 5.73 Å². The van der Waals surface area contributed by atoms with E-state index < -0.39 is 0 Å². The molecule has 0 unspecified atom stereocenters. The summed E-state index contributed by atoms with van der Waals surface area (Å²) < 4.78 is 0. The van der Waals surface area contributed by atoms with Crippen molar-refractivity contribution in [1.82, 2.24) is 4.90 Å². The highest BCUT2D eigenvalue weighted by atomic mass is 35.5. The van der Waals surface area contributed by atoms with E-state index in [-0.39, 0.29) is 37.5 Å². The van der Waals surface area contributed by atoms with Gasteiger partial charge in [-0.1, -0.05) is 0 Å². The van der Waals surface area contributed by atoms with Crippen molar-refractivity contribution in [2.45, 2.75) is 18.5 Å². The SMILES string of the molecule is CN1C[C@@H](N)C[C@H]1CO.Cl.Cl. The highest BCUT2D eigenvalue weighted by molar-refractivity contribution is 5.85. The Balaban J connectivity index is 0. The zero-order chi connectivity index (χ0) is 6.85. The molecular weight excluding hydrogens is 187 g/mol. The first-order chi connectivity index (χ1) is 4.24. The average molecular weight is 203 g/mol. The lowest BCUT2D eigenvalue weighted by atomic mass is 10.2. The van der Waals surface area contributed by atoms with E-state index in [2.05, 4.69) is 4.90 Å². The molecule has 1 aliphatic rings. The Bertz CT molecular complexity index is 105. The van der Waals surface area contributed by atoms with Gasteiger partial charge in [0.05, 0.1) is 6.61 Å². The first kappa shape index (κ1) is 14.0. The lowest BCUT2D eigenvalue weighted by Crippen LogP contribution is -2.28. The van der Waals surface area contributed by atoms with E-state index in [0.717, 1.165) is 13.0 Å². The predicted molar refractivity (Wildman–Crippen MR) is 50.6 cm³/mol. The summed E-state index contributed by atoms with van der Waals surface area (Å²) in [6.45, 7) is 1.16. The Morgan fingerprint density at radius 3 is 2.27 bits per heavy atom. The van der Waals surface area contributed by atoms with Gasteiger partial charge in [-0.15, -0.1) is 24.8 Å². The number of nitrogens with two attached hydrogens (primary N) is 1. The minimum atomic E-state index is 0. The summed E-state index contributed by atoms with van der Waals surface area (Å²) in [6.07, 6.45) is 0.938. The quantitative estimate of drug-likeness (QED) is 0.623. The second kappa shape index (κ2) is 6.03. The maximum absolute atomic E-state index is 8.76. The van der Waals surface area contributed by atoms with Crippen molar-refractivity contribution < 1.29 is 5.11 Å². The molecule has 0 amide bonds. The van der Waals surface area contributed by atoms with E-state index >= 15 is 0 Å². The number of hydrogen-bond donors (Lipinski definition) is 2. The van der Waals surface area contributed by atoms with Gasteiger partial charge in [-0.05, 0) is 13.5 Å². The molecule has 2 atom stereocenters. The molecular formula is C6H16Cl2N2O. The second-order valence-corrected chi connectivity index (χ2v) is 2.77. The predicted octanol–water partition coefficient (Wildman–Crippen LogP) is -0.146. The van der Waals surface area contributed by atoms with Crippen LogP contribution in [0.25, 0.3) is 0 Å². The molecule has 3 N–H and O–H groups in total. The van der Waals surface area contributed by atoms with Crippen LogP contribution in [0.5, 0.6) is 0 Å². The molecule has 1 saturated heterocycles. The standard InChI is InChI=1S/C6H14N2O.2ClH/c1-8-3-5(7)2-6(8)4-9;;/h5-6,9H,2-4,7H2,1H3;2*1H/t5-,6-;;/m0../s1. The molecule has 1 rings (SSSR count). The number of aliphatic hydroxyl groups excluding tert-OH is 1. The summed E-state index contributed by atoms with van der Waals surface area (Å²) in [7, 11) is 1.99. The first-order valence-electron chi connectivity index (χ1n) is 3.30. The van der Waals surface area contributed by atoms with Crippen LogP contribution in [0.4, 0.5) is 0 Å². The van der Waals surface area contributed by atoms with Crippen LogP contribution < -0.4 is 5.73 Å². The normalized spacial score (nSPS) is 30.8. The number of aliphatic hydroxyl groups is 1. The number of likely N-dealkylation sites (tertiary alicyclic amines) is 1. The molecule has 11 heavy (non-hydrogen) atoms. The molecule has 1 fully saturated rings. The third-order valence-electron chi connectivity index (χ3n) is 1.93. The van der Waals surface area contributed by atoms with Crippen LogP contribution >= 0.6 is 24.8 Å². The summed E-state index contributed by atoms with van der Waals surface area (Å²) in [6, 6.07) is 0.576. The maximum atomic E-state index is 8.76. The fourth-order valence-corrected chi connectivity index (χ4v) is 1.34. The Hall–Kier alpha value is 0.460. The largest absolute Gasteiger partial charge is 0.395 e. The summed E-state index contributed by atoms with van der Waals surface area (Å²) in [4.78, 5) is 2.10. The van der Waals surface area contributed by atoms with Gasteiger partial charge in [0.2, 0.25) is 0 Å². The molecule has 1 aliphatic heterocycles. The van der Waals surface area contributed by atoms with Crippen molar-refractivity contribution in [3.05, 3.63) is 0 Å². The summed E-state index contributed by atoms with van der Waals surface area (Å²) in [5, 5.41) is 8.76. The van der Waals surface area contributed by atoms with Crippen molar-refractivity contribution >= 4 is 24.8 Å². The van der Waals surface area contributed by atoms with E-state index in [1.165, 1.54) is 0 Å². The van der Waals surface area contributed by atoms with Gasteiger partial charge in [0, 0.05) is 18.6 Å². The van der Waals surface area contributed by atoms with Crippen molar-refractivity contribution in [1.29, 1.82) is 0 Å². The molecule has 0 aromatic rings. The zero-order valence-corrected chi connectivity index (χ0v) is 8.20. The minimum absolute atomic E-state index is 0. The number of hydrogen-bond acceptors (Lipinski definition) is 3. The average Bonchev–Trinajstić information content (AvgIpc) is 2.10. The Labute approximate surface area is 79.8 Å². The van der Waals surface area contributed by atoms with Gasteiger partial charge >= 0.3 is 0 Å². The molecule has 0 aromatic heterocycles. The van der Waals surface area contributed by atoms with Crippen molar-refractivity contribution in [3.8, 4) is 0 Å². The monoisotopic (exact) mass is 202 g/mol. The van der Waals surface area contributed by atoms with E-state index in [9.17, 15) is 0 Å². The Morgan fingerprint density at radius 1 is 1.55 bits per heavy atom. The minimum Gasteiger partial charge on any atom is -0.395 e. The van der Waals surface area contributed by atoms with Crippen molar-refractivity contribution in [2.75, 3.05) is 20.2 Å². The molecule has 3 nitrogen and oxygen atoms in total. The van der Waals surface area contributed by atoms with E-state index in [1.54, 1.807) is 0 Å². The number of rotatable bonds is 1. The van der Waals surface area contributed by atoms with Gasteiger partial charge in [0.15, 0.2) is 0 Å². The van der Waals surface area contributed by atoms with Gasteiger partial charge < -0.3 is 10.8 Å². The number of likely N-dealkylation sites (N-methyl/N-ethyl adjacent to an activating group) is 1. The molecule has 0 bridgehead atoms. The van der Waals surface area contributed by atoms with Crippen molar-refractivity contribution in [3.63, 3.8) is 0 Å². The van der Waals surface area contributed by atoms with Crippen LogP contribution in [-0.2, 0) is 0 Å². The molecule has 0 aromatic carbocycles. The fourth-order valence-electron chi connectivity index (χ4n) is 1.34. The van der Waals surface area contributed by atoms with Gasteiger partial charge in [-0.25, -0.2) is 0 Å². The van der Waals surface area contributed by atoms with Crippen LogP contribution in [0.2, 0.25) is 0 Å². The van der Waals surface area contributed by atoms with Gasteiger partial charge in [0.25, 0.3) is 0 Å². The maximum Gasteiger partial charge on any atom is 0.0587 e. The Kier molecular flexibility index (Phi) is 7.68. The third kappa shape index (κ3) is 3.58. The highest BCUT2D eigenvalue weighted by Gasteiger charge is 2.25. The summed E-state index contributed by atoms with van der Waals surface area (Å²) >= 11 is 0. The molecule has 0 saturated carbocycles. The molecule has 5 heteroatoms. The molecule has 1 heterocycles. The van der Waals surface area contributed by atoms with Gasteiger partial charge in [-0.2, -0.15) is 0 Å². The highest BCUT2D eigenvalue weighted by Crippen LogP contribution is 2.12. The fraction of sp³-hybridized carbons (Fsp3) is 1.00. The molecule has 0 radical (unpaired) electrons. The van der Waals surface area contributed by atoms with Crippen LogP contribution in [-0.4, -0.2) is 42.3 Å². The van der Waals surface area contributed by atoms with Crippen LogP contribution in [0, 0.1) is 0 Å².